The summed E-state index contributed by atoms with van der Waals surface area (Å²) in [5.74, 6) is 0. The highest BCUT2D eigenvalue weighted by Gasteiger charge is 2.35. The number of hydrogen-bond acceptors (Lipinski definition) is 4. The van der Waals surface area contributed by atoms with Crippen molar-refractivity contribution in [3.05, 3.63) is 5.01 Å². The Morgan fingerprint density at radius 2 is 1.81 bits per heavy atom. The van der Waals surface area contributed by atoms with Gasteiger partial charge in [-0.05, 0) is 11.8 Å². The van der Waals surface area contributed by atoms with Gasteiger partial charge in [-0.25, -0.2) is 0 Å². The first-order valence-electron chi connectivity index (χ1n) is 4.83. The molecule has 16 heavy (non-hydrogen) atoms. The van der Waals surface area contributed by atoms with Gasteiger partial charge in [0.25, 0.3) is 0 Å². The van der Waals surface area contributed by atoms with Gasteiger partial charge < -0.3 is 5.32 Å². The quantitative estimate of drug-likeness (QED) is 0.897. The molecule has 0 aliphatic rings. The van der Waals surface area contributed by atoms with Gasteiger partial charge in [0.05, 0.1) is 0 Å². The van der Waals surface area contributed by atoms with Crippen molar-refractivity contribution in [2.45, 2.75) is 33.4 Å². The van der Waals surface area contributed by atoms with Crippen LogP contribution in [0.25, 0.3) is 0 Å². The summed E-state index contributed by atoms with van der Waals surface area (Å²) in [7, 11) is 0. The minimum atomic E-state index is -4.40. The second-order valence-electron chi connectivity index (χ2n) is 4.65. The molecule has 92 valence electrons. The number of aromatic nitrogens is 2. The Morgan fingerprint density at radius 1 is 1.19 bits per heavy atom. The molecule has 1 aromatic rings. The number of nitrogens with zero attached hydrogens (tertiary/aromatic N) is 2. The lowest BCUT2D eigenvalue weighted by atomic mass is 9.92. The number of alkyl halides is 3. The van der Waals surface area contributed by atoms with Gasteiger partial charge in [0.1, 0.15) is 0 Å². The van der Waals surface area contributed by atoms with Crippen LogP contribution in [0.1, 0.15) is 32.2 Å². The highest BCUT2D eigenvalue weighted by Crippen LogP contribution is 2.33. The molecule has 0 saturated heterocycles. The highest BCUT2D eigenvalue weighted by molar-refractivity contribution is 7.15. The zero-order valence-corrected chi connectivity index (χ0v) is 10.2. The fourth-order valence-corrected chi connectivity index (χ4v) is 1.59. The summed E-state index contributed by atoms with van der Waals surface area (Å²) in [6.07, 6.45) is -3.55. The molecule has 0 radical (unpaired) electrons. The van der Waals surface area contributed by atoms with Crippen LogP contribution in [-0.4, -0.2) is 16.7 Å². The van der Waals surface area contributed by atoms with Gasteiger partial charge in [-0.2, -0.15) is 13.2 Å². The predicted molar refractivity (Wildman–Crippen MR) is 57.5 cm³/mol. The Bertz CT molecular complexity index is 341. The Balaban J connectivity index is 2.48. The molecule has 0 amide bonds. The van der Waals surface area contributed by atoms with Gasteiger partial charge in [0.2, 0.25) is 10.1 Å². The Hall–Kier alpha value is -0.850. The van der Waals surface area contributed by atoms with Crippen LogP contribution in [0, 0.1) is 5.41 Å². The fourth-order valence-electron chi connectivity index (χ4n) is 0.954. The summed E-state index contributed by atoms with van der Waals surface area (Å²) in [6.45, 7) is 6.79. The van der Waals surface area contributed by atoms with E-state index in [0.29, 0.717) is 17.9 Å². The minimum absolute atomic E-state index is 0.143. The molecule has 0 bridgehead atoms. The van der Waals surface area contributed by atoms with E-state index in [1.54, 1.807) is 0 Å². The van der Waals surface area contributed by atoms with E-state index in [2.05, 4.69) is 36.3 Å². The average molecular weight is 253 g/mol. The molecule has 1 N–H and O–H groups in total. The van der Waals surface area contributed by atoms with E-state index in [4.69, 9.17) is 0 Å². The lowest BCUT2D eigenvalue weighted by Crippen LogP contribution is -2.12. The van der Waals surface area contributed by atoms with Crippen LogP contribution in [0.4, 0.5) is 18.3 Å². The maximum absolute atomic E-state index is 12.2. The van der Waals surface area contributed by atoms with Crippen molar-refractivity contribution in [1.29, 1.82) is 0 Å². The molecule has 0 spiro atoms. The van der Waals surface area contributed by atoms with Crippen molar-refractivity contribution in [2.24, 2.45) is 5.41 Å². The molecule has 0 fully saturated rings. The van der Waals surface area contributed by atoms with Gasteiger partial charge >= 0.3 is 6.18 Å². The number of halogens is 3. The average Bonchev–Trinajstić information content (AvgIpc) is 2.49. The molecule has 0 unspecified atom stereocenters. The Kier molecular flexibility index (Phi) is 3.77. The summed E-state index contributed by atoms with van der Waals surface area (Å²) in [5, 5.41) is 8.67. The van der Waals surface area contributed by atoms with Crippen molar-refractivity contribution >= 4 is 16.5 Å². The first-order valence-corrected chi connectivity index (χ1v) is 5.65. The van der Waals surface area contributed by atoms with Crippen LogP contribution < -0.4 is 5.32 Å². The molecule has 0 atom stereocenters. The number of rotatable bonds is 3. The van der Waals surface area contributed by atoms with Gasteiger partial charge in [-0.3, -0.25) is 0 Å². The van der Waals surface area contributed by atoms with Gasteiger partial charge in [0.15, 0.2) is 0 Å². The number of hydrogen-bond donors (Lipinski definition) is 1. The zero-order valence-electron chi connectivity index (χ0n) is 9.35. The third-order valence-electron chi connectivity index (χ3n) is 1.82. The van der Waals surface area contributed by atoms with Crippen molar-refractivity contribution in [3.63, 3.8) is 0 Å². The molecule has 1 heterocycles. The number of nitrogens with one attached hydrogen (secondary N) is 1. The van der Waals surface area contributed by atoms with E-state index in [1.807, 2.05) is 0 Å². The minimum Gasteiger partial charge on any atom is -0.360 e. The van der Waals surface area contributed by atoms with Crippen molar-refractivity contribution < 1.29 is 13.2 Å². The largest absolute Gasteiger partial charge is 0.445 e. The monoisotopic (exact) mass is 253 g/mol. The maximum Gasteiger partial charge on any atom is 0.445 e. The lowest BCUT2D eigenvalue weighted by Gasteiger charge is -2.17. The summed E-state index contributed by atoms with van der Waals surface area (Å²) in [4.78, 5) is 0. The van der Waals surface area contributed by atoms with Crippen LogP contribution in [0.3, 0.4) is 0 Å². The van der Waals surface area contributed by atoms with Gasteiger partial charge in [-0.15, -0.1) is 10.2 Å². The normalized spacial score (nSPS) is 12.9. The van der Waals surface area contributed by atoms with Crippen molar-refractivity contribution in [3.8, 4) is 0 Å². The third-order valence-corrected chi connectivity index (χ3v) is 2.74. The van der Waals surface area contributed by atoms with E-state index >= 15 is 0 Å². The Morgan fingerprint density at radius 3 is 2.25 bits per heavy atom. The van der Waals surface area contributed by atoms with E-state index in [0.717, 1.165) is 6.42 Å². The summed E-state index contributed by atoms with van der Waals surface area (Å²) in [6, 6.07) is 0. The van der Waals surface area contributed by atoms with Crippen LogP contribution >= 0.6 is 11.3 Å². The standard InChI is InChI=1S/C9H14F3N3S/c1-8(2,3)4-5-13-7-15-14-6(16-7)9(10,11)12/h4-5H2,1-3H3,(H,13,15). The maximum atomic E-state index is 12.2. The van der Waals surface area contributed by atoms with E-state index in [-0.39, 0.29) is 10.5 Å². The van der Waals surface area contributed by atoms with Gasteiger partial charge in [-0.1, -0.05) is 32.1 Å². The molecule has 0 saturated carbocycles. The zero-order chi connectivity index (χ0) is 12.4. The molecule has 1 rings (SSSR count). The molecule has 3 nitrogen and oxygen atoms in total. The summed E-state index contributed by atoms with van der Waals surface area (Å²) >= 11 is 0.532. The highest BCUT2D eigenvalue weighted by atomic mass is 32.1. The second kappa shape index (κ2) is 4.57. The summed E-state index contributed by atoms with van der Waals surface area (Å²) < 4.78 is 36.6. The van der Waals surface area contributed by atoms with Crippen molar-refractivity contribution in [2.75, 3.05) is 11.9 Å². The van der Waals surface area contributed by atoms with E-state index in [9.17, 15) is 13.2 Å². The number of anilines is 1. The predicted octanol–water partition coefficient (Wildman–Crippen LogP) is 3.41. The first-order chi connectivity index (χ1) is 7.18. The van der Waals surface area contributed by atoms with Gasteiger partial charge in [0, 0.05) is 6.54 Å². The molecule has 0 aliphatic carbocycles. The van der Waals surface area contributed by atoms with Crippen LogP contribution in [-0.2, 0) is 6.18 Å². The Labute approximate surface area is 96.1 Å². The third kappa shape index (κ3) is 4.34. The molecule has 0 aromatic carbocycles. The second-order valence-corrected chi connectivity index (χ2v) is 5.63. The first kappa shape index (κ1) is 13.2. The SMILES string of the molecule is CC(C)(C)CCNc1nnc(C(F)(F)F)s1. The molecule has 0 aliphatic heterocycles. The topological polar surface area (TPSA) is 37.8 Å². The molecular weight excluding hydrogens is 239 g/mol. The molecule has 7 heteroatoms. The molecule has 1 aromatic heterocycles. The van der Waals surface area contributed by atoms with Crippen molar-refractivity contribution in [1.82, 2.24) is 10.2 Å². The van der Waals surface area contributed by atoms with E-state index < -0.39 is 11.2 Å². The lowest BCUT2D eigenvalue weighted by molar-refractivity contribution is -0.138. The smallest absolute Gasteiger partial charge is 0.360 e. The fraction of sp³-hybridized carbons (Fsp3) is 0.778. The van der Waals surface area contributed by atoms with Crippen LogP contribution in [0.2, 0.25) is 0 Å². The molecular formula is C9H14F3N3S. The van der Waals surface area contributed by atoms with E-state index in [1.165, 1.54) is 0 Å². The summed E-state index contributed by atoms with van der Waals surface area (Å²) in [5.41, 5.74) is 0.143. The van der Waals surface area contributed by atoms with Crippen LogP contribution in [0.5, 0.6) is 0 Å². The van der Waals surface area contributed by atoms with Crippen LogP contribution in [0.15, 0.2) is 0 Å².